The minimum absolute atomic E-state index is 0.362. The summed E-state index contributed by atoms with van der Waals surface area (Å²) in [6.45, 7) is 3.16. The Balaban J connectivity index is 1.87. The van der Waals surface area contributed by atoms with Crippen molar-refractivity contribution in [3.63, 3.8) is 0 Å². The van der Waals surface area contributed by atoms with Gasteiger partial charge in [-0.15, -0.1) is 0 Å². The van der Waals surface area contributed by atoms with Crippen LogP contribution in [0.25, 0.3) is 0 Å². The largest absolute Gasteiger partial charge is 0.472 e. The molecule has 0 aliphatic carbocycles. The van der Waals surface area contributed by atoms with Gasteiger partial charge in [-0.2, -0.15) is 0 Å². The van der Waals surface area contributed by atoms with Gasteiger partial charge in [0.05, 0.1) is 12.5 Å². The average molecular weight is 180 g/mol. The maximum absolute atomic E-state index is 5.89. The first kappa shape index (κ1) is 8.78. The van der Waals surface area contributed by atoms with Crippen LogP contribution in [0.4, 0.5) is 0 Å². The van der Waals surface area contributed by atoms with Crippen LogP contribution >= 0.6 is 0 Å². The van der Waals surface area contributed by atoms with Gasteiger partial charge in [0.15, 0.2) is 0 Å². The number of furan rings is 1. The normalized spacial score (nSPS) is 24.8. The lowest BCUT2D eigenvalue weighted by atomic mass is 10.1. The Morgan fingerprint density at radius 3 is 3.23 bits per heavy atom. The van der Waals surface area contributed by atoms with Crippen molar-refractivity contribution in [3.8, 4) is 0 Å². The standard InChI is InChI=1S/C10H16N2O/c11-10-2-1-4-12(7-10)6-9-3-5-13-8-9/h3,5,8,10H,1-2,4,6-7,11H2/t10-/m1/s1. The van der Waals surface area contributed by atoms with Crippen molar-refractivity contribution in [1.82, 2.24) is 4.90 Å². The molecule has 1 saturated heterocycles. The summed E-state index contributed by atoms with van der Waals surface area (Å²) >= 11 is 0. The van der Waals surface area contributed by atoms with Gasteiger partial charge >= 0.3 is 0 Å². The first-order valence-electron chi connectivity index (χ1n) is 4.83. The molecule has 72 valence electrons. The molecule has 0 bridgehead atoms. The smallest absolute Gasteiger partial charge is 0.0947 e. The van der Waals surface area contributed by atoms with Crippen LogP contribution in [-0.4, -0.2) is 24.0 Å². The SMILES string of the molecule is N[C@@H]1CCCN(Cc2ccoc2)C1. The summed E-state index contributed by atoms with van der Waals surface area (Å²) in [5.74, 6) is 0. The van der Waals surface area contributed by atoms with Gasteiger partial charge in [-0.3, -0.25) is 4.90 Å². The minimum atomic E-state index is 0.362. The van der Waals surface area contributed by atoms with Crippen molar-refractivity contribution < 1.29 is 4.42 Å². The molecular weight excluding hydrogens is 164 g/mol. The predicted octanol–water partition coefficient (Wildman–Crippen LogP) is 1.20. The monoisotopic (exact) mass is 180 g/mol. The van der Waals surface area contributed by atoms with Crippen LogP contribution in [0.15, 0.2) is 23.0 Å². The maximum atomic E-state index is 5.89. The minimum Gasteiger partial charge on any atom is -0.472 e. The molecule has 13 heavy (non-hydrogen) atoms. The number of hydrogen-bond donors (Lipinski definition) is 1. The number of hydrogen-bond acceptors (Lipinski definition) is 3. The van der Waals surface area contributed by atoms with Gasteiger partial charge in [0.2, 0.25) is 0 Å². The summed E-state index contributed by atoms with van der Waals surface area (Å²) in [6.07, 6.45) is 5.92. The summed E-state index contributed by atoms with van der Waals surface area (Å²) in [5.41, 5.74) is 7.13. The Bertz CT molecular complexity index is 245. The first-order valence-corrected chi connectivity index (χ1v) is 4.83. The van der Waals surface area contributed by atoms with E-state index in [1.165, 1.54) is 24.9 Å². The molecule has 0 amide bonds. The Morgan fingerprint density at radius 2 is 2.54 bits per heavy atom. The van der Waals surface area contributed by atoms with Crippen LogP contribution < -0.4 is 5.73 Å². The van der Waals surface area contributed by atoms with E-state index in [0.717, 1.165) is 13.1 Å². The van der Waals surface area contributed by atoms with Gasteiger partial charge in [0.1, 0.15) is 0 Å². The molecule has 3 nitrogen and oxygen atoms in total. The van der Waals surface area contributed by atoms with E-state index in [4.69, 9.17) is 10.2 Å². The molecule has 1 aliphatic rings. The third-order valence-electron chi connectivity index (χ3n) is 2.53. The highest BCUT2D eigenvalue weighted by atomic mass is 16.3. The van der Waals surface area contributed by atoms with Crippen LogP contribution in [0.1, 0.15) is 18.4 Å². The Hall–Kier alpha value is -0.800. The van der Waals surface area contributed by atoms with Crippen LogP contribution in [0.3, 0.4) is 0 Å². The molecule has 1 fully saturated rings. The Labute approximate surface area is 78.5 Å². The van der Waals surface area contributed by atoms with Crippen molar-refractivity contribution in [2.24, 2.45) is 5.73 Å². The Kier molecular flexibility index (Phi) is 2.66. The van der Waals surface area contributed by atoms with Gasteiger partial charge in [0.25, 0.3) is 0 Å². The first-order chi connectivity index (χ1) is 6.34. The van der Waals surface area contributed by atoms with E-state index >= 15 is 0 Å². The molecule has 0 unspecified atom stereocenters. The molecule has 3 heteroatoms. The second kappa shape index (κ2) is 3.94. The molecule has 2 N–H and O–H groups in total. The number of rotatable bonds is 2. The molecule has 0 aromatic carbocycles. The molecule has 2 rings (SSSR count). The number of likely N-dealkylation sites (tertiary alicyclic amines) is 1. The van der Waals surface area contributed by atoms with E-state index in [0.29, 0.717) is 6.04 Å². The van der Waals surface area contributed by atoms with Gasteiger partial charge in [-0.25, -0.2) is 0 Å². The van der Waals surface area contributed by atoms with E-state index in [-0.39, 0.29) is 0 Å². The van der Waals surface area contributed by atoms with Gasteiger partial charge in [0, 0.05) is 24.7 Å². The lowest BCUT2D eigenvalue weighted by Gasteiger charge is -2.30. The second-order valence-corrected chi connectivity index (χ2v) is 3.77. The molecular formula is C10H16N2O. The van der Waals surface area contributed by atoms with Crippen molar-refractivity contribution in [3.05, 3.63) is 24.2 Å². The highest BCUT2D eigenvalue weighted by Gasteiger charge is 2.16. The van der Waals surface area contributed by atoms with Crippen LogP contribution in [0.5, 0.6) is 0 Å². The Morgan fingerprint density at radius 1 is 1.62 bits per heavy atom. The number of piperidine rings is 1. The summed E-state index contributed by atoms with van der Waals surface area (Å²) in [6, 6.07) is 2.38. The van der Waals surface area contributed by atoms with Gasteiger partial charge < -0.3 is 10.2 Å². The van der Waals surface area contributed by atoms with Crippen molar-refractivity contribution in [1.29, 1.82) is 0 Å². The van der Waals surface area contributed by atoms with E-state index < -0.39 is 0 Å². The van der Waals surface area contributed by atoms with Gasteiger partial charge in [-0.1, -0.05) is 0 Å². The number of nitrogens with two attached hydrogens (primary N) is 1. The average Bonchev–Trinajstić information content (AvgIpc) is 2.57. The fourth-order valence-corrected chi connectivity index (χ4v) is 1.88. The van der Waals surface area contributed by atoms with Crippen LogP contribution in [0.2, 0.25) is 0 Å². The molecule has 1 atom stereocenters. The molecule has 0 spiro atoms. The fourth-order valence-electron chi connectivity index (χ4n) is 1.88. The molecule has 1 aromatic rings. The van der Waals surface area contributed by atoms with Crippen LogP contribution in [0, 0.1) is 0 Å². The van der Waals surface area contributed by atoms with E-state index in [2.05, 4.69) is 4.90 Å². The topological polar surface area (TPSA) is 42.4 Å². The third-order valence-corrected chi connectivity index (χ3v) is 2.53. The predicted molar refractivity (Wildman–Crippen MR) is 51.2 cm³/mol. The van der Waals surface area contributed by atoms with Gasteiger partial charge in [-0.05, 0) is 25.5 Å². The maximum Gasteiger partial charge on any atom is 0.0947 e. The van der Waals surface area contributed by atoms with Crippen molar-refractivity contribution >= 4 is 0 Å². The van der Waals surface area contributed by atoms with Crippen molar-refractivity contribution in [2.45, 2.75) is 25.4 Å². The summed E-state index contributed by atoms with van der Waals surface area (Å²) in [7, 11) is 0. The van der Waals surface area contributed by atoms with E-state index in [1.807, 2.05) is 6.07 Å². The molecule has 0 radical (unpaired) electrons. The summed E-state index contributed by atoms with van der Waals surface area (Å²) in [5, 5.41) is 0. The number of nitrogens with zero attached hydrogens (tertiary/aromatic N) is 1. The quantitative estimate of drug-likeness (QED) is 0.743. The van der Waals surface area contributed by atoms with E-state index in [1.54, 1.807) is 12.5 Å². The summed E-state index contributed by atoms with van der Waals surface area (Å²) < 4.78 is 5.02. The fraction of sp³-hybridized carbons (Fsp3) is 0.600. The summed E-state index contributed by atoms with van der Waals surface area (Å²) in [4.78, 5) is 2.39. The lowest BCUT2D eigenvalue weighted by Crippen LogP contribution is -2.42. The van der Waals surface area contributed by atoms with E-state index in [9.17, 15) is 0 Å². The lowest BCUT2D eigenvalue weighted by molar-refractivity contribution is 0.201. The molecule has 0 saturated carbocycles. The molecule has 1 aromatic heterocycles. The molecule has 1 aliphatic heterocycles. The highest BCUT2D eigenvalue weighted by Crippen LogP contribution is 2.12. The zero-order chi connectivity index (χ0) is 9.10. The molecule has 2 heterocycles. The van der Waals surface area contributed by atoms with Crippen LogP contribution in [-0.2, 0) is 6.54 Å². The second-order valence-electron chi connectivity index (χ2n) is 3.77. The zero-order valence-corrected chi connectivity index (χ0v) is 7.78. The zero-order valence-electron chi connectivity index (χ0n) is 7.78. The highest BCUT2D eigenvalue weighted by molar-refractivity contribution is 5.05. The third kappa shape index (κ3) is 2.32. The van der Waals surface area contributed by atoms with Crippen molar-refractivity contribution in [2.75, 3.05) is 13.1 Å².